The number of amides is 2. The summed E-state index contributed by atoms with van der Waals surface area (Å²) in [5, 5.41) is 0. The Balaban J connectivity index is 2.50. The summed E-state index contributed by atoms with van der Waals surface area (Å²) in [6.07, 6.45) is 1.35. The molecule has 0 radical (unpaired) electrons. The molecule has 0 bridgehead atoms. The zero-order valence-corrected chi connectivity index (χ0v) is 6.74. The lowest BCUT2D eigenvalue weighted by atomic mass is 10.3. The van der Waals surface area contributed by atoms with Gasteiger partial charge in [0.05, 0.1) is 6.21 Å². The molecule has 0 aromatic carbocycles. The summed E-state index contributed by atoms with van der Waals surface area (Å²) in [6.45, 7) is 0. The molecule has 54 valence electrons. The number of amidine groups is 2. The van der Waals surface area contributed by atoms with E-state index in [4.69, 9.17) is 0 Å². The van der Waals surface area contributed by atoms with E-state index in [1.807, 2.05) is 0 Å². The maximum absolute atomic E-state index is 10.6. The number of hydrogen-bond acceptors (Lipinski definition) is 3. The van der Waals surface area contributed by atoms with Gasteiger partial charge in [0.25, 0.3) is 0 Å². The Hall–Kier alpha value is -1.17. The summed E-state index contributed by atoms with van der Waals surface area (Å²) in [5.74, 6) is 0.330. The summed E-state index contributed by atoms with van der Waals surface area (Å²) in [4.78, 5) is 25.3. The van der Waals surface area contributed by atoms with E-state index < -0.39 is 6.03 Å². The first-order valence-corrected chi connectivity index (χ1v) is 3.55. The normalized spacial score (nSPS) is 20.8. The van der Waals surface area contributed by atoms with Crippen LogP contribution in [0.25, 0.3) is 0 Å². The zero-order valence-electron chi connectivity index (χ0n) is 5.15. The lowest BCUT2D eigenvalue weighted by Gasteiger charge is -1.95. The van der Waals surface area contributed by atoms with Crippen LogP contribution in [-0.4, -0.2) is 28.5 Å². The highest BCUT2D eigenvalue weighted by atomic mass is 79.9. The molecular formula is C5HBrN4O. The fraction of sp³-hybridized carbons (Fsp3) is 0. The highest BCUT2D eigenvalue weighted by Crippen LogP contribution is 2.07. The molecule has 0 aromatic heterocycles. The van der Waals surface area contributed by atoms with Crippen LogP contribution >= 0.6 is 15.9 Å². The summed E-state index contributed by atoms with van der Waals surface area (Å²) >= 11 is 3.06. The summed E-state index contributed by atoms with van der Waals surface area (Å²) in [5.41, 5.74) is 0.525. The van der Waals surface area contributed by atoms with Crippen LogP contribution in [0.3, 0.4) is 0 Å². The first-order chi connectivity index (χ1) is 5.25. The van der Waals surface area contributed by atoms with E-state index in [9.17, 15) is 4.79 Å². The molecule has 0 atom stereocenters. The van der Waals surface area contributed by atoms with Crippen LogP contribution in [-0.2, 0) is 0 Å². The Morgan fingerprint density at radius 2 is 2.09 bits per heavy atom. The average molecular weight is 213 g/mol. The van der Waals surface area contributed by atoms with Crippen LogP contribution < -0.4 is 0 Å². The van der Waals surface area contributed by atoms with Gasteiger partial charge in [0.15, 0.2) is 10.6 Å². The molecule has 2 aliphatic heterocycles. The van der Waals surface area contributed by atoms with Crippen molar-refractivity contribution in [3.8, 4) is 0 Å². The molecule has 0 unspecified atom stereocenters. The second kappa shape index (κ2) is 2.16. The molecule has 0 spiro atoms. The van der Waals surface area contributed by atoms with E-state index in [2.05, 4.69) is 35.9 Å². The number of urea groups is 1. The van der Waals surface area contributed by atoms with Crippen molar-refractivity contribution in [2.24, 2.45) is 20.0 Å². The van der Waals surface area contributed by atoms with Gasteiger partial charge in [0, 0.05) is 0 Å². The molecule has 0 fully saturated rings. The molecule has 2 heterocycles. The molecule has 5 nitrogen and oxygen atoms in total. The number of aliphatic imine (C=N–C) groups is 4. The number of carbonyl (C=O) groups is 1. The van der Waals surface area contributed by atoms with E-state index in [-0.39, 0.29) is 0 Å². The van der Waals surface area contributed by atoms with Crippen molar-refractivity contribution in [1.29, 1.82) is 0 Å². The predicted octanol–water partition coefficient (Wildman–Crippen LogP) is 0.795. The number of fused-ring (bicyclic) bond motifs is 1. The standard InChI is InChI=1S/C5HBrN4O/c6-4-8-2-1-7-5(11)10-3(2)9-4/h1H. The van der Waals surface area contributed by atoms with Crippen LogP contribution in [0.4, 0.5) is 4.79 Å². The molecule has 11 heavy (non-hydrogen) atoms. The van der Waals surface area contributed by atoms with Gasteiger partial charge in [-0.05, 0) is 15.9 Å². The van der Waals surface area contributed by atoms with Gasteiger partial charge in [0.1, 0.15) is 5.71 Å². The Bertz CT molecular complexity index is 351. The van der Waals surface area contributed by atoms with Gasteiger partial charge in [0.2, 0.25) is 0 Å². The molecular weight excluding hydrogens is 212 g/mol. The maximum atomic E-state index is 10.6. The topological polar surface area (TPSA) is 66.5 Å². The fourth-order valence-electron chi connectivity index (χ4n) is 0.724. The van der Waals surface area contributed by atoms with Crippen molar-refractivity contribution in [1.82, 2.24) is 0 Å². The quantitative estimate of drug-likeness (QED) is 0.548. The van der Waals surface area contributed by atoms with Crippen LogP contribution in [0.2, 0.25) is 0 Å². The monoisotopic (exact) mass is 212 g/mol. The molecule has 2 amide bonds. The highest BCUT2D eigenvalue weighted by molar-refractivity contribution is 9.18. The van der Waals surface area contributed by atoms with E-state index in [1.54, 1.807) is 0 Å². The van der Waals surface area contributed by atoms with Crippen molar-refractivity contribution in [3.05, 3.63) is 0 Å². The molecule has 2 rings (SSSR count). The van der Waals surface area contributed by atoms with Crippen molar-refractivity contribution >= 4 is 44.5 Å². The maximum Gasteiger partial charge on any atom is 0.369 e. The van der Waals surface area contributed by atoms with Crippen molar-refractivity contribution in [3.63, 3.8) is 0 Å². The Kier molecular flexibility index (Phi) is 1.28. The zero-order chi connectivity index (χ0) is 7.84. The molecule has 0 N–H and O–H groups in total. The first kappa shape index (κ1) is 6.53. The smallest absolute Gasteiger partial charge is 0.244 e. The number of nitrogens with zero attached hydrogens (tertiary/aromatic N) is 4. The molecule has 2 aliphatic rings. The van der Waals surface area contributed by atoms with Crippen LogP contribution in [0.15, 0.2) is 20.0 Å². The van der Waals surface area contributed by atoms with Gasteiger partial charge in [-0.1, -0.05) is 0 Å². The van der Waals surface area contributed by atoms with Crippen molar-refractivity contribution in [2.45, 2.75) is 0 Å². The summed E-state index contributed by atoms with van der Waals surface area (Å²) < 4.78 is 0.424. The van der Waals surface area contributed by atoms with Crippen molar-refractivity contribution in [2.75, 3.05) is 0 Å². The Labute approximate surface area is 69.8 Å². The molecule has 0 aromatic rings. The molecule has 0 aliphatic carbocycles. The number of hydrogen-bond donors (Lipinski definition) is 0. The minimum absolute atomic E-state index is 0.330. The Morgan fingerprint density at radius 1 is 1.27 bits per heavy atom. The third-order valence-corrected chi connectivity index (χ3v) is 1.49. The highest BCUT2D eigenvalue weighted by Gasteiger charge is 2.19. The number of carbonyl (C=O) groups excluding carboxylic acids is 1. The van der Waals surface area contributed by atoms with Gasteiger partial charge in [-0.3, -0.25) is 0 Å². The van der Waals surface area contributed by atoms with Crippen LogP contribution in [0.5, 0.6) is 0 Å². The number of halogens is 1. The van der Waals surface area contributed by atoms with Crippen molar-refractivity contribution < 1.29 is 4.79 Å². The second-order valence-electron chi connectivity index (χ2n) is 1.85. The number of rotatable bonds is 0. The van der Waals surface area contributed by atoms with Crippen LogP contribution in [0.1, 0.15) is 0 Å². The average Bonchev–Trinajstić information content (AvgIpc) is 2.27. The van der Waals surface area contributed by atoms with E-state index in [0.717, 1.165) is 0 Å². The SMILES string of the molecule is O=C1N=CC2=NC(Br)=NC2=N1. The summed E-state index contributed by atoms with van der Waals surface area (Å²) in [7, 11) is 0. The lowest BCUT2D eigenvalue weighted by molar-refractivity contribution is 0.257. The summed E-state index contributed by atoms with van der Waals surface area (Å²) in [6, 6.07) is -0.537. The van der Waals surface area contributed by atoms with Gasteiger partial charge < -0.3 is 0 Å². The van der Waals surface area contributed by atoms with Gasteiger partial charge in [-0.25, -0.2) is 14.8 Å². The third-order valence-electron chi connectivity index (χ3n) is 1.14. The third kappa shape index (κ3) is 1.05. The fourth-order valence-corrected chi connectivity index (χ4v) is 1.08. The molecule has 6 heteroatoms. The first-order valence-electron chi connectivity index (χ1n) is 2.76. The Morgan fingerprint density at radius 3 is 2.91 bits per heavy atom. The molecule has 0 saturated heterocycles. The van der Waals surface area contributed by atoms with Gasteiger partial charge in [-0.2, -0.15) is 9.98 Å². The van der Waals surface area contributed by atoms with E-state index in [1.165, 1.54) is 6.21 Å². The minimum Gasteiger partial charge on any atom is -0.244 e. The predicted molar refractivity (Wildman–Crippen MR) is 45.1 cm³/mol. The van der Waals surface area contributed by atoms with Crippen LogP contribution in [0, 0.1) is 0 Å². The minimum atomic E-state index is -0.537. The van der Waals surface area contributed by atoms with E-state index in [0.29, 0.717) is 16.3 Å². The second-order valence-corrected chi connectivity index (χ2v) is 2.56. The van der Waals surface area contributed by atoms with Gasteiger partial charge in [-0.15, -0.1) is 0 Å². The largest absolute Gasteiger partial charge is 0.369 e. The van der Waals surface area contributed by atoms with Gasteiger partial charge >= 0.3 is 6.03 Å². The lowest BCUT2D eigenvalue weighted by Crippen LogP contribution is -2.16. The van der Waals surface area contributed by atoms with E-state index >= 15 is 0 Å². The molecule has 0 saturated carbocycles.